The van der Waals surface area contributed by atoms with Crippen molar-refractivity contribution < 1.29 is 18.7 Å². The number of hydrogen-bond acceptors (Lipinski definition) is 5. The van der Waals surface area contributed by atoms with E-state index in [0.717, 1.165) is 22.7 Å². The van der Waals surface area contributed by atoms with Crippen molar-refractivity contribution in [3.8, 4) is 5.75 Å². The first-order chi connectivity index (χ1) is 15.0. The van der Waals surface area contributed by atoms with Crippen LogP contribution in [0.15, 0.2) is 71.3 Å². The molecule has 0 bridgehead atoms. The molecule has 7 nitrogen and oxygen atoms in total. The molecule has 0 saturated carbocycles. The van der Waals surface area contributed by atoms with E-state index < -0.39 is 0 Å². The Hall–Kier alpha value is -3.74. The SMILES string of the molecule is COc1ccc(N(Cc2ccc(N(C)C)cc2)C(=O)CCNC(=O)c2ccco2)cc1. The standard InChI is InChI=1S/C24H27N3O4/c1-26(2)19-8-6-18(7-9-19)17-27(20-10-12-21(30-3)13-11-20)23(28)14-15-25-24(29)22-5-4-16-31-22/h4-13,16H,14-15,17H2,1-3H3,(H,25,29). The minimum Gasteiger partial charge on any atom is -0.497 e. The molecule has 3 rings (SSSR count). The van der Waals surface area contributed by atoms with Gasteiger partial charge in [0.25, 0.3) is 5.91 Å². The third kappa shape index (κ3) is 5.88. The molecule has 0 spiro atoms. The van der Waals surface area contributed by atoms with Crippen LogP contribution in [-0.4, -0.2) is 39.6 Å². The van der Waals surface area contributed by atoms with E-state index in [1.165, 1.54) is 6.26 Å². The Bertz CT molecular complexity index is 981. The number of furan rings is 1. The number of amides is 2. The van der Waals surface area contributed by atoms with Gasteiger partial charge >= 0.3 is 0 Å². The number of nitrogens with zero attached hydrogens (tertiary/aromatic N) is 2. The van der Waals surface area contributed by atoms with Gasteiger partial charge in [-0.2, -0.15) is 0 Å². The minimum atomic E-state index is -0.340. The Labute approximate surface area is 182 Å². The number of hydrogen-bond donors (Lipinski definition) is 1. The molecule has 0 atom stereocenters. The maximum Gasteiger partial charge on any atom is 0.286 e. The van der Waals surface area contributed by atoms with Crippen molar-refractivity contribution in [1.82, 2.24) is 5.32 Å². The number of benzene rings is 2. The van der Waals surface area contributed by atoms with E-state index in [0.29, 0.717) is 6.54 Å². The first-order valence-electron chi connectivity index (χ1n) is 10.0. The van der Waals surface area contributed by atoms with Crippen LogP contribution in [0.2, 0.25) is 0 Å². The maximum atomic E-state index is 13.1. The highest BCUT2D eigenvalue weighted by Crippen LogP contribution is 2.23. The predicted octanol–water partition coefficient (Wildman–Crippen LogP) is 3.71. The van der Waals surface area contributed by atoms with Crippen molar-refractivity contribution in [3.05, 3.63) is 78.3 Å². The Morgan fingerprint density at radius 1 is 0.968 bits per heavy atom. The summed E-state index contributed by atoms with van der Waals surface area (Å²) in [6.07, 6.45) is 1.60. The zero-order valence-electron chi connectivity index (χ0n) is 18.0. The van der Waals surface area contributed by atoms with Crippen LogP contribution in [0.3, 0.4) is 0 Å². The Kier molecular flexibility index (Phi) is 7.32. The van der Waals surface area contributed by atoms with Crippen LogP contribution >= 0.6 is 0 Å². The van der Waals surface area contributed by atoms with Crippen LogP contribution in [0.5, 0.6) is 5.75 Å². The van der Waals surface area contributed by atoms with Crippen molar-refractivity contribution in [1.29, 1.82) is 0 Å². The second-order valence-electron chi connectivity index (χ2n) is 7.22. The summed E-state index contributed by atoms with van der Waals surface area (Å²) in [5.41, 5.74) is 2.86. The minimum absolute atomic E-state index is 0.0957. The number of anilines is 2. The molecule has 3 aromatic rings. The summed E-state index contributed by atoms with van der Waals surface area (Å²) in [4.78, 5) is 28.8. The van der Waals surface area contributed by atoms with Gasteiger partial charge in [0.15, 0.2) is 5.76 Å². The summed E-state index contributed by atoms with van der Waals surface area (Å²) in [6.45, 7) is 0.635. The largest absolute Gasteiger partial charge is 0.497 e. The molecular formula is C24H27N3O4. The van der Waals surface area contributed by atoms with E-state index >= 15 is 0 Å². The number of carbonyl (C=O) groups excluding carboxylic acids is 2. The van der Waals surface area contributed by atoms with E-state index in [2.05, 4.69) is 5.32 Å². The fourth-order valence-corrected chi connectivity index (χ4v) is 3.08. The van der Waals surface area contributed by atoms with Gasteiger partial charge in [-0.25, -0.2) is 0 Å². The number of methoxy groups -OCH3 is 1. The summed E-state index contributed by atoms with van der Waals surface area (Å²) in [7, 11) is 5.57. The van der Waals surface area contributed by atoms with Crippen molar-refractivity contribution in [2.45, 2.75) is 13.0 Å². The van der Waals surface area contributed by atoms with Crippen molar-refractivity contribution >= 4 is 23.2 Å². The topological polar surface area (TPSA) is 75.0 Å². The number of rotatable bonds is 9. The van der Waals surface area contributed by atoms with E-state index in [4.69, 9.17) is 9.15 Å². The van der Waals surface area contributed by atoms with E-state index in [9.17, 15) is 9.59 Å². The van der Waals surface area contributed by atoms with Gasteiger partial charge in [-0.15, -0.1) is 0 Å². The van der Waals surface area contributed by atoms with Gasteiger partial charge in [0.1, 0.15) is 5.75 Å². The second kappa shape index (κ2) is 10.3. The van der Waals surface area contributed by atoms with Gasteiger partial charge in [0.2, 0.25) is 5.91 Å². The average molecular weight is 421 g/mol. The Morgan fingerprint density at radius 3 is 2.23 bits per heavy atom. The van der Waals surface area contributed by atoms with Gasteiger partial charge in [-0.05, 0) is 54.1 Å². The molecular weight excluding hydrogens is 394 g/mol. The fraction of sp³-hybridized carbons (Fsp3) is 0.250. The van der Waals surface area contributed by atoms with Gasteiger partial charge in [-0.1, -0.05) is 12.1 Å². The second-order valence-corrected chi connectivity index (χ2v) is 7.22. The molecule has 1 aromatic heterocycles. The molecule has 0 saturated heterocycles. The molecule has 2 amide bonds. The molecule has 7 heteroatoms. The Balaban J connectivity index is 1.71. The predicted molar refractivity (Wildman–Crippen MR) is 121 cm³/mol. The molecule has 1 heterocycles. The highest BCUT2D eigenvalue weighted by molar-refractivity contribution is 5.95. The lowest BCUT2D eigenvalue weighted by Crippen LogP contribution is -2.34. The molecule has 0 fully saturated rings. The number of ether oxygens (including phenoxy) is 1. The number of carbonyl (C=O) groups is 2. The fourth-order valence-electron chi connectivity index (χ4n) is 3.08. The van der Waals surface area contributed by atoms with Crippen LogP contribution in [-0.2, 0) is 11.3 Å². The first kappa shape index (κ1) is 22.0. The highest BCUT2D eigenvalue weighted by atomic mass is 16.5. The van der Waals surface area contributed by atoms with Crippen LogP contribution < -0.4 is 19.9 Å². The third-order valence-electron chi connectivity index (χ3n) is 4.85. The van der Waals surface area contributed by atoms with Crippen LogP contribution in [0, 0.1) is 0 Å². The van der Waals surface area contributed by atoms with E-state index in [1.54, 1.807) is 24.1 Å². The molecule has 0 aliphatic carbocycles. The molecule has 0 aliphatic rings. The lowest BCUT2D eigenvalue weighted by molar-refractivity contribution is -0.118. The smallest absolute Gasteiger partial charge is 0.286 e. The zero-order chi connectivity index (χ0) is 22.2. The van der Waals surface area contributed by atoms with E-state index in [-0.39, 0.29) is 30.5 Å². The third-order valence-corrected chi connectivity index (χ3v) is 4.85. The maximum absolute atomic E-state index is 13.1. The molecule has 0 radical (unpaired) electrons. The lowest BCUT2D eigenvalue weighted by Gasteiger charge is -2.24. The van der Waals surface area contributed by atoms with Gasteiger partial charge in [0, 0.05) is 38.4 Å². The first-order valence-corrected chi connectivity index (χ1v) is 10.0. The summed E-state index contributed by atoms with van der Waals surface area (Å²) < 4.78 is 10.3. The van der Waals surface area contributed by atoms with Gasteiger partial charge in [-0.3, -0.25) is 9.59 Å². The normalized spacial score (nSPS) is 10.4. The monoisotopic (exact) mass is 421 g/mol. The molecule has 0 aliphatic heterocycles. The van der Waals surface area contributed by atoms with Crippen molar-refractivity contribution in [2.75, 3.05) is 37.5 Å². The molecule has 162 valence electrons. The Morgan fingerprint density at radius 2 is 1.65 bits per heavy atom. The summed E-state index contributed by atoms with van der Waals surface area (Å²) in [6, 6.07) is 18.7. The summed E-state index contributed by atoms with van der Waals surface area (Å²) in [5.74, 6) is 0.507. The molecule has 31 heavy (non-hydrogen) atoms. The van der Waals surface area contributed by atoms with Gasteiger partial charge < -0.3 is 24.3 Å². The van der Waals surface area contributed by atoms with Gasteiger partial charge in [0.05, 0.1) is 19.9 Å². The van der Waals surface area contributed by atoms with Crippen LogP contribution in [0.1, 0.15) is 22.5 Å². The van der Waals surface area contributed by atoms with Crippen molar-refractivity contribution in [2.24, 2.45) is 0 Å². The number of nitrogens with one attached hydrogen (secondary N) is 1. The highest BCUT2D eigenvalue weighted by Gasteiger charge is 2.17. The zero-order valence-corrected chi connectivity index (χ0v) is 18.0. The summed E-state index contributed by atoms with van der Waals surface area (Å²) >= 11 is 0. The van der Waals surface area contributed by atoms with Crippen LogP contribution in [0.4, 0.5) is 11.4 Å². The van der Waals surface area contributed by atoms with Crippen molar-refractivity contribution in [3.63, 3.8) is 0 Å². The summed E-state index contributed by atoms with van der Waals surface area (Å²) in [5, 5.41) is 2.72. The van der Waals surface area contributed by atoms with Crippen LogP contribution in [0.25, 0.3) is 0 Å². The molecule has 1 N–H and O–H groups in total. The van der Waals surface area contributed by atoms with E-state index in [1.807, 2.05) is 67.5 Å². The lowest BCUT2D eigenvalue weighted by atomic mass is 10.1. The molecule has 0 unspecified atom stereocenters. The molecule has 2 aromatic carbocycles. The quantitative estimate of drug-likeness (QED) is 0.570. The average Bonchev–Trinajstić information content (AvgIpc) is 3.33.